The Bertz CT molecular complexity index is 1020. The lowest BCUT2D eigenvalue weighted by atomic mass is 10.1. The average molecular weight is 390 g/mol. The van der Waals surface area contributed by atoms with Crippen molar-refractivity contribution < 1.29 is 27.5 Å². The van der Waals surface area contributed by atoms with Crippen molar-refractivity contribution in [3.8, 4) is 5.75 Å². The molecule has 2 N–H and O–H groups in total. The van der Waals surface area contributed by atoms with Crippen molar-refractivity contribution in [2.24, 2.45) is 5.73 Å². The first-order chi connectivity index (χ1) is 12.8. The van der Waals surface area contributed by atoms with Crippen LogP contribution in [0.1, 0.15) is 15.9 Å². The summed E-state index contributed by atoms with van der Waals surface area (Å²) in [7, 11) is -2.88. The van der Waals surface area contributed by atoms with E-state index in [1.54, 1.807) is 31.2 Å². The van der Waals surface area contributed by atoms with Crippen molar-refractivity contribution >= 4 is 27.6 Å². The number of esters is 1. The largest absolute Gasteiger partial charge is 0.476 e. The molecule has 1 aliphatic heterocycles. The van der Waals surface area contributed by atoms with Crippen LogP contribution >= 0.6 is 0 Å². The van der Waals surface area contributed by atoms with Crippen LogP contribution in [0.25, 0.3) is 0 Å². The van der Waals surface area contributed by atoms with Crippen molar-refractivity contribution in [3.63, 3.8) is 0 Å². The number of nitrogens with zero attached hydrogens (tertiary/aromatic N) is 1. The fraction of sp³-hybridized carbons (Fsp3) is 0.222. The van der Waals surface area contributed by atoms with Crippen molar-refractivity contribution in [3.05, 3.63) is 53.6 Å². The van der Waals surface area contributed by atoms with Crippen molar-refractivity contribution in [2.75, 3.05) is 18.0 Å². The minimum Gasteiger partial charge on any atom is -0.476 e. The van der Waals surface area contributed by atoms with Crippen molar-refractivity contribution in [1.82, 2.24) is 0 Å². The number of carbonyl (C=O) groups is 2. The molecule has 1 aliphatic rings. The van der Waals surface area contributed by atoms with Gasteiger partial charge in [-0.15, -0.1) is 0 Å². The summed E-state index contributed by atoms with van der Waals surface area (Å²) < 4.78 is 38.0. The van der Waals surface area contributed by atoms with E-state index in [-0.39, 0.29) is 28.4 Å². The standard InChI is InChI=1S/C18H18N2O6S/c1-11-7-8-12(18(22)25-2)9-16(11)27(23,24)20-10-15(17(19)21)26-14-6-4-3-5-13(14)20/h3-9,15H,10H2,1-2H3,(H2,19,21)/t15-/m0/s1. The molecule has 0 spiro atoms. The van der Waals surface area contributed by atoms with E-state index in [2.05, 4.69) is 4.74 Å². The number of ether oxygens (including phenoxy) is 2. The Morgan fingerprint density at radius 3 is 2.59 bits per heavy atom. The van der Waals surface area contributed by atoms with Crippen molar-refractivity contribution in [2.45, 2.75) is 17.9 Å². The molecule has 0 saturated carbocycles. The number of hydrogen-bond acceptors (Lipinski definition) is 6. The summed E-state index contributed by atoms with van der Waals surface area (Å²) in [6, 6.07) is 10.7. The van der Waals surface area contributed by atoms with Gasteiger partial charge in [-0.3, -0.25) is 9.10 Å². The minimum atomic E-state index is -4.10. The van der Waals surface area contributed by atoms with E-state index < -0.39 is 28.0 Å². The second-order valence-electron chi connectivity index (χ2n) is 5.98. The van der Waals surface area contributed by atoms with Crippen LogP contribution in [-0.4, -0.2) is 40.1 Å². The molecule has 142 valence electrons. The smallest absolute Gasteiger partial charge is 0.337 e. The number of primary amides is 1. The maximum Gasteiger partial charge on any atom is 0.337 e. The third-order valence-electron chi connectivity index (χ3n) is 4.23. The third kappa shape index (κ3) is 3.33. The Morgan fingerprint density at radius 2 is 1.93 bits per heavy atom. The molecule has 0 aromatic heterocycles. The van der Waals surface area contributed by atoms with Gasteiger partial charge in [-0.05, 0) is 36.8 Å². The molecule has 1 amide bonds. The monoisotopic (exact) mass is 390 g/mol. The fourth-order valence-corrected chi connectivity index (χ4v) is 4.55. The van der Waals surface area contributed by atoms with E-state index in [1.807, 2.05) is 0 Å². The molecule has 0 saturated heterocycles. The van der Waals surface area contributed by atoms with Crippen LogP contribution < -0.4 is 14.8 Å². The highest BCUT2D eigenvalue weighted by Gasteiger charge is 2.37. The molecule has 1 atom stereocenters. The molecule has 2 aromatic carbocycles. The number of amides is 1. The maximum absolute atomic E-state index is 13.4. The van der Waals surface area contributed by atoms with Gasteiger partial charge in [-0.25, -0.2) is 13.2 Å². The molecule has 0 bridgehead atoms. The molecule has 0 fully saturated rings. The van der Waals surface area contributed by atoms with Gasteiger partial charge in [0.05, 0.1) is 29.8 Å². The summed E-state index contributed by atoms with van der Waals surface area (Å²) >= 11 is 0. The second kappa shape index (κ2) is 6.92. The van der Waals surface area contributed by atoms with E-state index in [9.17, 15) is 18.0 Å². The number of benzene rings is 2. The summed E-state index contributed by atoms with van der Waals surface area (Å²) in [6.07, 6.45) is -1.13. The van der Waals surface area contributed by atoms with Gasteiger partial charge in [0.1, 0.15) is 5.75 Å². The SMILES string of the molecule is COC(=O)c1ccc(C)c(S(=O)(=O)N2C[C@@H](C(N)=O)Oc3ccccc32)c1. The molecule has 0 radical (unpaired) electrons. The highest BCUT2D eigenvalue weighted by molar-refractivity contribution is 7.93. The predicted molar refractivity (Wildman–Crippen MR) is 97.1 cm³/mol. The van der Waals surface area contributed by atoms with Crippen LogP contribution in [0, 0.1) is 6.92 Å². The van der Waals surface area contributed by atoms with Crippen LogP contribution in [0.3, 0.4) is 0 Å². The number of hydrogen-bond donors (Lipinski definition) is 1. The number of anilines is 1. The minimum absolute atomic E-state index is 0.0645. The number of rotatable bonds is 4. The highest BCUT2D eigenvalue weighted by atomic mass is 32.2. The van der Waals surface area contributed by atoms with Crippen LogP contribution in [0.15, 0.2) is 47.4 Å². The summed E-state index contributed by atoms with van der Waals surface area (Å²) in [5.74, 6) is -1.19. The van der Waals surface area contributed by atoms with Crippen LogP contribution in [0.5, 0.6) is 5.75 Å². The zero-order valence-electron chi connectivity index (χ0n) is 14.7. The predicted octanol–water partition coefficient (Wildman–Crippen LogP) is 1.22. The van der Waals surface area contributed by atoms with Gasteiger partial charge in [0.25, 0.3) is 15.9 Å². The third-order valence-corrected chi connectivity index (χ3v) is 6.15. The fourth-order valence-electron chi connectivity index (χ4n) is 2.82. The van der Waals surface area contributed by atoms with E-state index >= 15 is 0 Å². The Morgan fingerprint density at radius 1 is 1.22 bits per heavy atom. The van der Waals surface area contributed by atoms with E-state index in [0.29, 0.717) is 5.56 Å². The number of sulfonamides is 1. The Labute approximate surface area is 156 Å². The van der Waals surface area contributed by atoms with Gasteiger partial charge in [0.15, 0.2) is 6.10 Å². The van der Waals surface area contributed by atoms with E-state index in [1.165, 1.54) is 25.3 Å². The first-order valence-corrected chi connectivity index (χ1v) is 9.46. The quantitative estimate of drug-likeness (QED) is 0.785. The van der Waals surface area contributed by atoms with Gasteiger partial charge in [-0.2, -0.15) is 0 Å². The summed E-state index contributed by atoms with van der Waals surface area (Å²) in [5, 5.41) is 0. The number of nitrogens with two attached hydrogens (primary N) is 1. The molecule has 8 nitrogen and oxygen atoms in total. The Kier molecular flexibility index (Phi) is 4.79. The van der Waals surface area contributed by atoms with Gasteiger partial charge < -0.3 is 15.2 Å². The average Bonchev–Trinajstić information content (AvgIpc) is 2.66. The van der Waals surface area contributed by atoms with Gasteiger partial charge in [-0.1, -0.05) is 18.2 Å². The summed E-state index contributed by atoms with van der Waals surface area (Å²) in [4.78, 5) is 23.4. The van der Waals surface area contributed by atoms with Crippen LogP contribution in [-0.2, 0) is 19.6 Å². The van der Waals surface area contributed by atoms with E-state index in [4.69, 9.17) is 10.5 Å². The number of aryl methyl sites for hydroxylation is 1. The number of methoxy groups -OCH3 is 1. The van der Waals surface area contributed by atoms with Gasteiger partial charge >= 0.3 is 5.97 Å². The Balaban J connectivity index is 2.14. The molecule has 2 aromatic rings. The number of carbonyl (C=O) groups excluding carboxylic acids is 2. The lowest BCUT2D eigenvalue weighted by Gasteiger charge is -2.34. The molecule has 0 unspecified atom stereocenters. The summed E-state index contributed by atoms with van der Waals surface area (Å²) in [5.41, 5.74) is 6.18. The topological polar surface area (TPSA) is 116 Å². The number of fused-ring (bicyclic) bond motifs is 1. The molecular weight excluding hydrogens is 372 g/mol. The summed E-state index contributed by atoms with van der Waals surface area (Å²) in [6.45, 7) is 1.35. The molecule has 9 heteroatoms. The Hall–Kier alpha value is -3.07. The molecule has 0 aliphatic carbocycles. The van der Waals surface area contributed by atoms with Crippen LogP contribution in [0.2, 0.25) is 0 Å². The molecule has 3 rings (SSSR count). The first-order valence-electron chi connectivity index (χ1n) is 8.02. The molecular formula is C18H18N2O6S. The highest BCUT2D eigenvalue weighted by Crippen LogP contribution is 2.37. The van der Waals surface area contributed by atoms with Gasteiger partial charge in [0, 0.05) is 0 Å². The normalized spacial score (nSPS) is 16.2. The maximum atomic E-state index is 13.4. The first kappa shape index (κ1) is 18.7. The number of para-hydroxylation sites is 2. The van der Waals surface area contributed by atoms with Crippen molar-refractivity contribution in [1.29, 1.82) is 0 Å². The van der Waals surface area contributed by atoms with E-state index in [0.717, 1.165) is 4.31 Å². The van der Waals surface area contributed by atoms with Crippen LogP contribution in [0.4, 0.5) is 5.69 Å². The zero-order valence-corrected chi connectivity index (χ0v) is 15.5. The second-order valence-corrected chi connectivity index (χ2v) is 7.82. The lowest BCUT2D eigenvalue weighted by molar-refractivity contribution is -0.124. The molecule has 1 heterocycles. The molecule has 27 heavy (non-hydrogen) atoms. The zero-order chi connectivity index (χ0) is 19.8. The van der Waals surface area contributed by atoms with Gasteiger partial charge in [0.2, 0.25) is 0 Å². The lowest BCUT2D eigenvalue weighted by Crippen LogP contribution is -2.49.